The van der Waals surface area contributed by atoms with E-state index in [1.807, 2.05) is 18.3 Å². The molecule has 3 nitrogen and oxygen atoms in total. The average molecular weight is 422 g/mol. The summed E-state index contributed by atoms with van der Waals surface area (Å²) < 4.78 is 6.40. The topological polar surface area (TPSA) is 38.3 Å². The van der Waals surface area contributed by atoms with Gasteiger partial charge in [-0.2, -0.15) is 0 Å². The molecule has 0 bridgehead atoms. The molecule has 1 saturated carbocycles. The van der Waals surface area contributed by atoms with Gasteiger partial charge in [0.05, 0.1) is 6.61 Å². The lowest BCUT2D eigenvalue weighted by atomic mass is 9.95. The highest BCUT2D eigenvalue weighted by Crippen LogP contribution is 2.34. The number of carbonyl (C=O) groups excluding carboxylic acids is 1. The van der Waals surface area contributed by atoms with Crippen LogP contribution < -0.4 is 5.32 Å². The zero-order valence-electron chi connectivity index (χ0n) is 17.7. The second-order valence-electron chi connectivity index (χ2n) is 8.21. The van der Waals surface area contributed by atoms with Crippen LogP contribution in [0.1, 0.15) is 55.2 Å². The molecule has 2 aromatic carbocycles. The van der Waals surface area contributed by atoms with E-state index in [9.17, 15) is 4.79 Å². The summed E-state index contributed by atoms with van der Waals surface area (Å²) in [5, 5.41) is 7.52. The van der Waals surface area contributed by atoms with Crippen molar-refractivity contribution in [1.82, 2.24) is 5.32 Å². The Kier molecular flexibility index (Phi) is 7.19. The third-order valence-electron chi connectivity index (χ3n) is 6.20. The van der Waals surface area contributed by atoms with E-state index in [1.165, 1.54) is 46.0 Å². The van der Waals surface area contributed by atoms with Crippen molar-refractivity contribution in [2.75, 3.05) is 13.2 Å². The fourth-order valence-corrected chi connectivity index (χ4v) is 5.54. The zero-order chi connectivity index (χ0) is 20.8. The molecule has 3 aromatic rings. The maximum Gasteiger partial charge on any atom is 0.306 e. The fraction of sp³-hybridized carbons (Fsp3) is 0.423. The van der Waals surface area contributed by atoms with Crippen LogP contribution in [0.2, 0.25) is 0 Å². The zero-order valence-corrected chi connectivity index (χ0v) is 18.5. The third-order valence-corrected chi connectivity index (χ3v) is 7.21. The number of hydrogen-bond donors (Lipinski definition) is 1. The van der Waals surface area contributed by atoms with Gasteiger partial charge in [-0.1, -0.05) is 42.5 Å². The second kappa shape index (κ2) is 10.2. The van der Waals surface area contributed by atoms with Gasteiger partial charge in [0.15, 0.2) is 0 Å². The van der Waals surface area contributed by atoms with E-state index >= 15 is 0 Å². The number of aryl methyl sites for hydroxylation is 1. The highest BCUT2D eigenvalue weighted by Gasteiger charge is 2.25. The molecule has 0 aliphatic heterocycles. The first kappa shape index (κ1) is 21.1. The maximum atomic E-state index is 11.5. The van der Waals surface area contributed by atoms with Crippen LogP contribution in [0.3, 0.4) is 0 Å². The normalized spacial score (nSPS) is 18.7. The molecule has 2 unspecified atom stereocenters. The molecule has 0 spiro atoms. The largest absolute Gasteiger partial charge is 0.466 e. The Morgan fingerprint density at radius 3 is 2.77 bits per heavy atom. The first-order chi connectivity index (χ1) is 14.7. The summed E-state index contributed by atoms with van der Waals surface area (Å²) in [5.41, 5.74) is 4.11. The lowest BCUT2D eigenvalue weighted by molar-refractivity contribution is -0.143. The Labute approximate surface area is 183 Å². The smallest absolute Gasteiger partial charge is 0.306 e. The van der Waals surface area contributed by atoms with E-state index in [-0.39, 0.29) is 5.97 Å². The molecular weight excluding hydrogens is 390 g/mol. The van der Waals surface area contributed by atoms with Crippen molar-refractivity contribution in [1.29, 1.82) is 0 Å². The van der Waals surface area contributed by atoms with E-state index < -0.39 is 0 Å². The molecule has 4 rings (SSSR count). The van der Waals surface area contributed by atoms with Gasteiger partial charge < -0.3 is 10.1 Å². The minimum Gasteiger partial charge on any atom is -0.466 e. The molecule has 158 valence electrons. The second-order valence-corrected chi connectivity index (χ2v) is 9.13. The SMILES string of the molecule is CCOC(=O)CCc1ccc(C2CCC(NCCc3csc4ccccc34)C2)cc1. The van der Waals surface area contributed by atoms with Crippen molar-refractivity contribution in [2.45, 2.75) is 57.4 Å². The van der Waals surface area contributed by atoms with E-state index in [0.717, 1.165) is 19.4 Å². The Balaban J connectivity index is 1.22. The quantitative estimate of drug-likeness (QED) is 0.439. The van der Waals surface area contributed by atoms with Gasteiger partial charge in [0.25, 0.3) is 0 Å². The van der Waals surface area contributed by atoms with Crippen LogP contribution in [0.5, 0.6) is 0 Å². The number of carbonyl (C=O) groups is 1. The van der Waals surface area contributed by atoms with Crippen molar-refractivity contribution in [3.63, 3.8) is 0 Å². The van der Waals surface area contributed by atoms with Crippen molar-refractivity contribution in [3.05, 3.63) is 70.6 Å². The summed E-state index contributed by atoms with van der Waals surface area (Å²) >= 11 is 1.85. The molecule has 1 aromatic heterocycles. The monoisotopic (exact) mass is 421 g/mol. The minimum atomic E-state index is -0.110. The summed E-state index contributed by atoms with van der Waals surface area (Å²) in [4.78, 5) is 11.5. The van der Waals surface area contributed by atoms with E-state index in [2.05, 4.69) is 59.2 Å². The molecule has 1 fully saturated rings. The minimum absolute atomic E-state index is 0.110. The standard InChI is InChI=1S/C26H31NO2S/c1-2-29-26(28)14-9-19-7-10-20(11-8-19)21-12-13-23(17-21)27-16-15-22-18-30-25-6-4-3-5-24(22)25/h3-8,10-11,18,21,23,27H,2,9,12-17H2,1H3. The Bertz CT molecular complexity index is 963. The average Bonchev–Trinajstić information content (AvgIpc) is 3.41. The number of rotatable bonds is 9. The van der Waals surface area contributed by atoms with Crippen LogP contribution in [0.15, 0.2) is 53.9 Å². The van der Waals surface area contributed by atoms with Gasteiger partial charge in [-0.25, -0.2) is 0 Å². The number of esters is 1. The van der Waals surface area contributed by atoms with Crippen molar-refractivity contribution in [2.24, 2.45) is 0 Å². The molecule has 1 aliphatic rings. The third kappa shape index (κ3) is 5.30. The molecule has 4 heteroatoms. The Hall–Kier alpha value is -2.17. The molecule has 1 heterocycles. The van der Waals surface area contributed by atoms with Crippen LogP contribution in [0.4, 0.5) is 0 Å². The van der Waals surface area contributed by atoms with E-state index in [4.69, 9.17) is 4.74 Å². The summed E-state index contributed by atoms with van der Waals surface area (Å²) in [6.07, 6.45) is 6.03. The number of nitrogens with one attached hydrogen (secondary N) is 1. The molecule has 0 saturated heterocycles. The number of hydrogen-bond acceptors (Lipinski definition) is 4. The lowest BCUT2D eigenvalue weighted by Crippen LogP contribution is -2.28. The molecular formula is C26H31NO2S. The van der Waals surface area contributed by atoms with Crippen molar-refractivity contribution < 1.29 is 9.53 Å². The first-order valence-corrected chi connectivity index (χ1v) is 12.0. The van der Waals surface area contributed by atoms with Gasteiger partial charge in [-0.15, -0.1) is 11.3 Å². The predicted molar refractivity (Wildman–Crippen MR) is 125 cm³/mol. The predicted octanol–water partition coefficient (Wildman–Crippen LogP) is 5.87. The molecule has 1 aliphatic carbocycles. The van der Waals surface area contributed by atoms with Gasteiger partial charge in [-0.3, -0.25) is 4.79 Å². The molecule has 1 N–H and O–H groups in total. The molecule has 2 atom stereocenters. The van der Waals surface area contributed by atoms with Crippen LogP contribution in [-0.4, -0.2) is 25.2 Å². The molecule has 0 radical (unpaired) electrons. The summed E-state index contributed by atoms with van der Waals surface area (Å²) in [6.45, 7) is 3.35. The maximum absolute atomic E-state index is 11.5. The number of thiophene rings is 1. The molecule has 30 heavy (non-hydrogen) atoms. The fourth-order valence-electron chi connectivity index (χ4n) is 4.54. The number of benzene rings is 2. The Morgan fingerprint density at radius 1 is 1.10 bits per heavy atom. The van der Waals surface area contributed by atoms with Crippen LogP contribution in [-0.2, 0) is 22.4 Å². The van der Waals surface area contributed by atoms with Gasteiger partial charge in [0.1, 0.15) is 0 Å². The van der Waals surface area contributed by atoms with Gasteiger partial charge in [-0.05, 0) is 85.0 Å². The lowest BCUT2D eigenvalue weighted by Gasteiger charge is -2.14. The number of fused-ring (bicyclic) bond motifs is 1. The van der Waals surface area contributed by atoms with Gasteiger partial charge >= 0.3 is 5.97 Å². The van der Waals surface area contributed by atoms with Crippen LogP contribution >= 0.6 is 11.3 Å². The van der Waals surface area contributed by atoms with Gasteiger partial charge in [0.2, 0.25) is 0 Å². The highest BCUT2D eigenvalue weighted by atomic mass is 32.1. The van der Waals surface area contributed by atoms with Crippen molar-refractivity contribution >= 4 is 27.4 Å². The summed E-state index contributed by atoms with van der Waals surface area (Å²) in [6, 6.07) is 18.2. The first-order valence-electron chi connectivity index (χ1n) is 11.2. The van der Waals surface area contributed by atoms with Gasteiger partial charge in [0, 0.05) is 17.2 Å². The van der Waals surface area contributed by atoms with Crippen molar-refractivity contribution in [3.8, 4) is 0 Å². The van der Waals surface area contributed by atoms with Crippen LogP contribution in [0, 0.1) is 0 Å². The van der Waals surface area contributed by atoms with E-state index in [0.29, 0.717) is 25.0 Å². The van der Waals surface area contributed by atoms with E-state index in [1.54, 1.807) is 0 Å². The summed E-state index contributed by atoms with van der Waals surface area (Å²) in [5.74, 6) is 0.533. The number of ether oxygens (including phenoxy) is 1. The highest BCUT2D eigenvalue weighted by molar-refractivity contribution is 7.17. The van der Waals surface area contributed by atoms with Crippen LogP contribution in [0.25, 0.3) is 10.1 Å². The Morgan fingerprint density at radius 2 is 1.93 bits per heavy atom. The molecule has 0 amide bonds. The summed E-state index contributed by atoms with van der Waals surface area (Å²) in [7, 11) is 0.